The lowest BCUT2D eigenvalue weighted by molar-refractivity contribution is -0.342. The molecule has 6 aliphatic rings. The molecule has 0 radical (unpaired) electrons. The van der Waals surface area contributed by atoms with Crippen LogP contribution in [0, 0.1) is 11.8 Å². The molecule has 19 N–H and O–H groups in total. The number of amides is 5. The van der Waals surface area contributed by atoms with Gasteiger partial charge in [0, 0.05) is 58.3 Å². The van der Waals surface area contributed by atoms with Gasteiger partial charge in [-0.05, 0) is 44.4 Å². The van der Waals surface area contributed by atoms with Crippen LogP contribution in [0.3, 0.4) is 0 Å². The predicted molar refractivity (Wildman–Crippen MR) is 335 cm³/mol. The van der Waals surface area contributed by atoms with Crippen LogP contribution in [0.2, 0.25) is 0 Å². The first kappa shape index (κ1) is 80.8. The minimum Gasteiger partial charge on any atom is -0.494 e. The van der Waals surface area contributed by atoms with Crippen molar-refractivity contribution in [3.63, 3.8) is 0 Å². The molecule has 4 heterocycles. The summed E-state index contributed by atoms with van der Waals surface area (Å²) in [5.74, 6) is -5.70. The summed E-state index contributed by atoms with van der Waals surface area (Å²) in [5.41, 5.74) is 0.0751. The van der Waals surface area contributed by atoms with Crippen LogP contribution in [-0.4, -0.2) is 312 Å². The zero-order valence-electron chi connectivity index (χ0n) is 56.0. The number of nitrogens with one attached hydrogen (secondary N) is 5. The third-order valence-electron chi connectivity index (χ3n) is 19.0. The Kier molecular flexibility index (Phi) is 31.4. The molecular weight excluding hydrogens is 1300 g/mol. The highest BCUT2D eigenvalue weighted by Gasteiger charge is 2.57. The maximum Gasteiger partial charge on any atom is 0.251 e. The van der Waals surface area contributed by atoms with Gasteiger partial charge in [0.05, 0.1) is 69.0 Å². The van der Waals surface area contributed by atoms with Crippen molar-refractivity contribution in [3.8, 4) is 5.75 Å². The first-order chi connectivity index (χ1) is 46.7. The monoisotopic (exact) mass is 1410 g/mol. The van der Waals surface area contributed by atoms with Gasteiger partial charge in [0.25, 0.3) is 5.91 Å². The summed E-state index contributed by atoms with van der Waals surface area (Å²) in [6.07, 6.45) is -29.0. The topological polar surface area (TPSA) is 521 Å². The van der Waals surface area contributed by atoms with Crippen LogP contribution >= 0.6 is 0 Å². The van der Waals surface area contributed by atoms with Crippen LogP contribution in [-0.2, 0) is 61.8 Å². The average molecular weight is 1410 g/mol. The molecule has 14 unspecified atom stereocenters. The van der Waals surface area contributed by atoms with E-state index in [1.54, 1.807) is 12.1 Å². The minimum atomic E-state index is -1.97. The Bertz CT molecular complexity index is 2660. The smallest absolute Gasteiger partial charge is 0.251 e. The molecule has 2 aliphatic carbocycles. The zero-order valence-corrected chi connectivity index (χ0v) is 56.0. The second kappa shape index (κ2) is 38.1. The highest BCUT2D eigenvalue weighted by Crippen LogP contribution is 2.40. The number of ether oxygens (including phenoxy) is 10. The van der Waals surface area contributed by atoms with E-state index in [-0.39, 0.29) is 18.4 Å². The fourth-order valence-corrected chi connectivity index (χ4v) is 13.7. The van der Waals surface area contributed by atoms with E-state index in [4.69, 9.17) is 47.4 Å². The second-order valence-electron chi connectivity index (χ2n) is 26.4. The van der Waals surface area contributed by atoms with E-state index in [0.717, 1.165) is 53.4 Å². The molecule has 1 aromatic carbocycles. The van der Waals surface area contributed by atoms with Crippen molar-refractivity contribution in [2.75, 3.05) is 39.6 Å². The Labute approximate surface area is 567 Å². The molecule has 34 heteroatoms. The van der Waals surface area contributed by atoms with E-state index in [9.17, 15) is 95.5 Å². The highest BCUT2D eigenvalue weighted by atomic mass is 16.7. The molecule has 0 bridgehead atoms. The van der Waals surface area contributed by atoms with Crippen molar-refractivity contribution in [2.45, 2.75) is 284 Å². The van der Waals surface area contributed by atoms with Gasteiger partial charge in [-0.2, -0.15) is 0 Å². The van der Waals surface area contributed by atoms with Gasteiger partial charge in [-0.3, -0.25) is 24.0 Å². The Morgan fingerprint density at radius 1 is 0.459 bits per heavy atom. The lowest BCUT2D eigenvalue weighted by Gasteiger charge is -2.52. The van der Waals surface area contributed by atoms with E-state index in [1.807, 2.05) is 0 Å². The van der Waals surface area contributed by atoms with Crippen molar-refractivity contribution >= 4 is 29.5 Å². The summed E-state index contributed by atoms with van der Waals surface area (Å²) >= 11 is 0. The third-order valence-corrected chi connectivity index (χ3v) is 19.0. The van der Waals surface area contributed by atoms with Crippen molar-refractivity contribution in [2.24, 2.45) is 11.8 Å². The molecule has 6 fully saturated rings. The molecule has 4 saturated heterocycles. The molecule has 0 aromatic heterocycles. The summed E-state index contributed by atoms with van der Waals surface area (Å²) in [4.78, 5) is 65.3. The first-order valence-corrected chi connectivity index (χ1v) is 33.9. The number of hydrogen-bond acceptors (Lipinski definition) is 29. The summed E-state index contributed by atoms with van der Waals surface area (Å²) in [5, 5.41) is 170. The molecule has 560 valence electrons. The molecule has 7 rings (SSSR count). The molecule has 0 spiro atoms. The maximum absolute atomic E-state index is 14.0. The lowest BCUT2D eigenvalue weighted by Crippen LogP contribution is -2.70. The number of rotatable bonds is 32. The summed E-state index contributed by atoms with van der Waals surface area (Å²) in [7, 11) is 0. The summed E-state index contributed by atoms with van der Waals surface area (Å²) < 4.78 is 60.8. The number of aliphatic hydroxyl groups excluding tert-OH is 14. The van der Waals surface area contributed by atoms with Gasteiger partial charge in [0.15, 0.2) is 25.2 Å². The Hall–Kier alpha value is -4.55. The number of aliphatic hydroxyl groups is 14. The fraction of sp³-hybridized carbons (Fsp3) is 0.828. The van der Waals surface area contributed by atoms with E-state index in [0.29, 0.717) is 12.4 Å². The molecular formula is C64H105N5O29. The normalized spacial score (nSPS) is 39.8. The van der Waals surface area contributed by atoms with Crippen LogP contribution in [0.1, 0.15) is 123 Å². The first-order valence-electron chi connectivity index (χ1n) is 33.9. The van der Waals surface area contributed by atoms with E-state index in [1.165, 1.54) is 51.2 Å². The van der Waals surface area contributed by atoms with Crippen LogP contribution in [0.15, 0.2) is 24.3 Å². The molecule has 30 atom stereocenters. The number of benzene rings is 1. The Morgan fingerprint density at radius 3 is 1.48 bits per heavy atom. The molecule has 98 heavy (non-hydrogen) atoms. The van der Waals surface area contributed by atoms with Gasteiger partial charge in [-0.15, -0.1) is 0 Å². The van der Waals surface area contributed by atoms with Crippen LogP contribution in [0.4, 0.5) is 0 Å². The van der Waals surface area contributed by atoms with Crippen LogP contribution < -0.4 is 31.3 Å². The average Bonchev–Trinajstić information content (AvgIpc) is 0.772. The quantitative estimate of drug-likeness (QED) is 0.0299. The lowest BCUT2D eigenvalue weighted by atomic mass is 9.77. The van der Waals surface area contributed by atoms with Crippen molar-refractivity contribution < 1.29 is 143 Å². The number of carbonyl (C=O) groups excluding carboxylic acids is 5. The molecule has 1 aromatic rings. The standard InChI is InChI=1S/C64H105N5O29/c1-7-8-9-10-11-12-13-14-15-19-89-36-18-16-17-33(20-36)60(87)69-45-49(80)48(79)39(25-72)95-62(45)98-58-40(26-73)96-63(46(53(58)84)68-32(6)77)97-57-35(24-71)22-37(42(51(57)82)65-29(3)74)92-56-34(23-70)21-38(43(50(56)81)66-30(4)75)93-59-41(94-61(88)44(52(59)83)67-31(5)76)27-90-64-55(86)54(85)47(78)28(2)91-64/h16-18,20,28,34-35,37-59,61-64,70-73,78-86,88H,7-15,19,21-27H2,1-6H3,(H,65,74)(H,66,75)(H,67,76)(H,68,77)(H,69,87)/t28?,34-,35?,37+,38?,39?,40-,41?,42+,43?,44-,45-,46?,47?,48+,49+,50?,51+,52+,53?,54-,55+,56+,57?,58+,59?,61+,62?,63?,64+/m0/s1. The van der Waals surface area contributed by atoms with Crippen molar-refractivity contribution in [3.05, 3.63) is 29.8 Å². The van der Waals surface area contributed by atoms with Crippen molar-refractivity contribution in [1.82, 2.24) is 26.6 Å². The largest absolute Gasteiger partial charge is 0.494 e. The fourth-order valence-electron chi connectivity index (χ4n) is 13.7. The zero-order chi connectivity index (χ0) is 71.8. The minimum absolute atomic E-state index is 0.0751. The van der Waals surface area contributed by atoms with Gasteiger partial charge in [-0.25, -0.2) is 0 Å². The molecule has 5 amide bonds. The predicted octanol–water partition coefficient (Wildman–Crippen LogP) is -5.82. The maximum atomic E-state index is 14.0. The summed E-state index contributed by atoms with van der Waals surface area (Å²) in [6, 6.07) is -1.67. The van der Waals surface area contributed by atoms with Gasteiger partial charge in [0.1, 0.15) is 109 Å². The van der Waals surface area contributed by atoms with Crippen LogP contribution in [0.5, 0.6) is 5.75 Å². The molecule has 34 nitrogen and oxygen atoms in total. The van der Waals surface area contributed by atoms with Gasteiger partial charge >= 0.3 is 0 Å². The van der Waals surface area contributed by atoms with Gasteiger partial charge < -0.3 is 145 Å². The number of carbonyl (C=O) groups is 5. The van der Waals surface area contributed by atoms with Gasteiger partial charge in [0.2, 0.25) is 23.6 Å². The highest BCUT2D eigenvalue weighted by molar-refractivity contribution is 5.94. The molecule has 4 aliphatic heterocycles. The van der Waals surface area contributed by atoms with E-state index >= 15 is 0 Å². The number of hydrogen-bond donors (Lipinski definition) is 19. The SMILES string of the molecule is CCCCCCCCCCCOc1cccc(C(=O)N[C@@H]2C(O[C@H]3C(O)C(NC(C)=O)C(OC4C(CO)C[C@@H](O[C@H]5C(O)C(NC(C)=O)C(OC6C(CO[C@@H]7OC(C)C(O)[C@H](O)[C@H]7O)O[C@@H](O)[C@@H](NC(C)=O)[C@H]6O)C[C@H]5CO)[C@@H](NC(C)=O)[C@H]4O)O[C@H]3CO)OC(CO)[C@@H](O)[C@@H]2O)c1. The summed E-state index contributed by atoms with van der Waals surface area (Å²) in [6.45, 7) is 4.31. The number of unbranched alkanes of at least 4 members (excludes halogenated alkanes) is 8. The third kappa shape index (κ3) is 20.6. The van der Waals surface area contributed by atoms with E-state index < -0.39 is 246 Å². The van der Waals surface area contributed by atoms with Gasteiger partial charge in [-0.1, -0.05) is 64.4 Å². The van der Waals surface area contributed by atoms with Crippen molar-refractivity contribution in [1.29, 1.82) is 0 Å². The van der Waals surface area contributed by atoms with Crippen LogP contribution in [0.25, 0.3) is 0 Å². The Morgan fingerprint density at radius 2 is 0.929 bits per heavy atom. The van der Waals surface area contributed by atoms with E-state index in [2.05, 4.69) is 33.5 Å². The molecule has 2 saturated carbocycles. The Balaban J connectivity index is 1.07. The second-order valence-corrected chi connectivity index (χ2v) is 26.4.